The van der Waals surface area contributed by atoms with Crippen LogP contribution < -0.4 is 10.6 Å². The molecule has 122 valence electrons. The van der Waals surface area contributed by atoms with Crippen LogP contribution in [0.15, 0.2) is 30.6 Å². The molecule has 0 fully saturated rings. The maximum atomic E-state index is 9.43. The number of benzene rings is 1. The van der Waals surface area contributed by atoms with E-state index < -0.39 is 0 Å². The van der Waals surface area contributed by atoms with E-state index in [1.54, 1.807) is 6.33 Å². The highest BCUT2D eigenvalue weighted by molar-refractivity contribution is 5.48. The lowest BCUT2D eigenvalue weighted by molar-refractivity contribution is 0.280. The van der Waals surface area contributed by atoms with E-state index in [4.69, 9.17) is 0 Å². The van der Waals surface area contributed by atoms with Crippen molar-refractivity contribution >= 4 is 5.82 Å². The lowest BCUT2D eigenvalue weighted by atomic mass is 10.0. The average molecular weight is 312 g/mol. The zero-order valence-electron chi connectivity index (χ0n) is 13.5. The minimum atomic E-state index is 0.0517. The molecule has 1 aliphatic heterocycles. The summed E-state index contributed by atoms with van der Waals surface area (Å²) in [7, 11) is 0. The molecule has 1 aromatic heterocycles. The van der Waals surface area contributed by atoms with E-state index in [0.29, 0.717) is 6.42 Å². The molecular weight excluding hydrogens is 288 g/mol. The molecule has 0 bridgehead atoms. The summed E-state index contributed by atoms with van der Waals surface area (Å²) >= 11 is 0. The molecule has 2 aromatic rings. The molecule has 5 nitrogen and oxygen atoms in total. The van der Waals surface area contributed by atoms with Crippen LogP contribution in [0.2, 0.25) is 0 Å². The summed E-state index contributed by atoms with van der Waals surface area (Å²) in [5.74, 6) is 0.901. The van der Waals surface area contributed by atoms with Crippen LogP contribution >= 0.6 is 0 Å². The fraction of sp³-hybridized carbons (Fsp3) is 0.444. The van der Waals surface area contributed by atoms with E-state index in [0.717, 1.165) is 37.4 Å². The zero-order valence-corrected chi connectivity index (χ0v) is 13.5. The third-order valence-electron chi connectivity index (χ3n) is 4.33. The molecule has 0 saturated carbocycles. The van der Waals surface area contributed by atoms with Gasteiger partial charge in [0, 0.05) is 25.1 Å². The van der Waals surface area contributed by atoms with E-state index >= 15 is 0 Å². The smallest absolute Gasteiger partial charge is 0.133 e. The van der Waals surface area contributed by atoms with Crippen LogP contribution in [0, 0.1) is 6.92 Å². The van der Waals surface area contributed by atoms with E-state index in [1.165, 1.54) is 16.7 Å². The number of aliphatic hydroxyl groups is 1. The molecule has 0 radical (unpaired) electrons. The summed E-state index contributed by atoms with van der Waals surface area (Å²) in [5.41, 5.74) is 4.73. The molecule has 23 heavy (non-hydrogen) atoms. The standard InChI is InChI=1S/C18H24N4O/c1-13-2-4-14(5-3-13)16(8-11-23)22-18-15-6-9-19-10-7-17(15)20-12-21-18/h2-5,12,16,19,23H,6-11H2,1H3,(H,20,21,22)/t16-/m1/s1. The highest BCUT2D eigenvalue weighted by Gasteiger charge is 2.18. The molecule has 3 N–H and O–H groups in total. The van der Waals surface area contributed by atoms with Crippen LogP contribution in [-0.4, -0.2) is 34.8 Å². The number of rotatable bonds is 5. The van der Waals surface area contributed by atoms with Crippen molar-refractivity contribution in [2.45, 2.75) is 32.2 Å². The summed E-state index contributed by atoms with van der Waals surface area (Å²) in [4.78, 5) is 8.90. The lowest BCUT2D eigenvalue weighted by Gasteiger charge is -2.21. The van der Waals surface area contributed by atoms with Crippen molar-refractivity contribution < 1.29 is 5.11 Å². The first-order valence-electron chi connectivity index (χ1n) is 8.25. The summed E-state index contributed by atoms with van der Waals surface area (Å²) in [6, 6.07) is 8.49. The van der Waals surface area contributed by atoms with Crippen molar-refractivity contribution in [3.63, 3.8) is 0 Å². The van der Waals surface area contributed by atoms with Crippen molar-refractivity contribution in [3.8, 4) is 0 Å². The Morgan fingerprint density at radius 2 is 1.96 bits per heavy atom. The first kappa shape index (κ1) is 15.9. The number of nitrogens with one attached hydrogen (secondary N) is 2. The summed E-state index contributed by atoms with van der Waals surface area (Å²) in [5, 5.41) is 16.4. The third-order valence-corrected chi connectivity index (χ3v) is 4.33. The molecule has 2 heterocycles. The van der Waals surface area contributed by atoms with Gasteiger partial charge in [0.1, 0.15) is 12.1 Å². The molecule has 0 aliphatic carbocycles. The van der Waals surface area contributed by atoms with Crippen LogP contribution in [0.5, 0.6) is 0 Å². The molecule has 1 atom stereocenters. The van der Waals surface area contributed by atoms with Gasteiger partial charge in [0.05, 0.1) is 11.7 Å². The Labute approximate surface area is 137 Å². The number of fused-ring (bicyclic) bond motifs is 1. The SMILES string of the molecule is Cc1ccc([C@@H](CCO)Nc2ncnc3c2CCNCC3)cc1. The van der Waals surface area contributed by atoms with Gasteiger partial charge in [0.2, 0.25) is 0 Å². The van der Waals surface area contributed by atoms with Gasteiger partial charge >= 0.3 is 0 Å². The maximum absolute atomic E-state index is 9.43. The van der Waals surface area contributed by atoms with Gasteiger partial charge in [0.25, 0.3) is 0 Å². The number of aliphatic hydroxyl groups excluding tert-OH is 1. The Kier molecular flexibility index (Phi) is 5.20. The summed E-state index contributed by atoms with van der Waals surface area (Å²) in [6.07, 6.45) is 4.15. The molecule has 0 unspecified atom stereocenters. The fourth-order valence-corrected chi connectivity index (χ4v) is 3.01. The van der Waals surface area contributed by atoms with E-state index in [-0.39, 0.29) is 12.6 Å². The monoisotopic (exact) mass is 312 g/mol. The van der Waals surface area contributed by atoms with Gasteiger partial charge in [-0.3, -0.25) is 0 Å². The van der Waals surface area contributed by atoms with E-state index in [1.807, 2.05) is 0 Å². The topological polar surface area (TPSA) is 70.1 Å². The van der Waals surface area contributed by atoms with Gasteiger partial charge in [0.15, 0.2) is 0 Å². The maximum Gasteiger partial charge on any atom is 0.133 e. The van der Waals surface area contributed by atoms with Gasteiger partial charge in [-0.2, -0.15) is 0 Å². The number of aryl methyl sites for hydroxylation is 1. The Morgan fingerprint density at radius 1 is 1.17 bits per heavy atom. The highest BCUT2D eigenvalue weighted by Crippen LogP contribution is 2.26. The average Bonchev–Trinajstić information content (AvgIpc) is 2.81. The van der Waals surface area contributed by atoms with Crippen LogP contribution in [0.25, 0.3) is 0 Å². The lowest BCUT2D eigenvalue weighted by Crippen LogP contribution is -2.17. The molecule has 0 amide bonds. The highest BCUT2D eigenvalue weighted by atomic mass is 16.3. The number of nitrogens with zero attached hydrogens (tertiary/aromatic N) is 2. The van der Waals surface area contributed by atoms with Gasteiger partial charge in [-0.1, -0.05) is 29.8 Å². The van der Waals surface area contributed by atoms with Crippen molar-refractivity contribution in [1.82, 2.24) is 15.3 Å². The van der Waals surface area contributed by atoms with Crippen molar-refractivity contribution in [1.29, 1.82) is 0 Å². The van der Waals surface area contributed by atoms with Crippen LogP contribution in [0.4, 0.5) is 5.82 Å². The van der Waals surface area contributed by atoms with Crippen LogP contribution in [-0.2, 0) is 12.8 Å². The van der Waals surface area contributed by atoms with E-state index in [2.05, 4.69) is 51.8 Å². The second kappa shape index (κ2) is 7.53. The first-order chi connectivity index (χ1) is 11.3. The largest absolute Gasteiger partial charge is 0.396 e. The molecule has 0 spiro atoms. The molecular formula is C18H24N4O. The minimum absolute atomic E-state index is 0.0517. The van der Waals surface area contributed by atoms with Crippen LogP contribution in [0.3, 0.4) is 0 Å². The second-order valence-corrected chi connectivity index (χ2v) is 6.02. The zero-order chi connectivity index (χ0) is 16.1. The molecule has 0 saturated heterocycles. The molecule has 3 rings (SSSR count). The fourth-order valence-electron chi connectivity index (χ4n) is 3.01. The third kappa shape index (κ3) is 3.86. The van der Waals surface area contributed by atoms with Gasteiger partial charge in [-0.15, -0.1) is 0 Å². The Bertz CT molecular complexity index is 642. The van der Waals surface area contributed by atoms with Crippen molar-refractivity contribution in [2.24, 2.45) is 0 Å². The minimum Gasteiger partial charge on any atom is -0.396 e. The Balaban J connectivity index is 1.87. The summed E-state index contributed by atoms with van der Waals surface area (Å²) in [6.45, 7) is 4.13. The Morgan fingerprint density at radius 3 is 2.74 bits per heavy atom. The number of aromatic nitrogens is 2. The predicted octanol–water partition coefficient (Wildman–Crippen LogP) is 2.01. The van der Waals surface area contributed by atoms with Crippen LogP contribution in [0.1, 0.15) is 34.8 Å². The number of anilines is 1. The van der Waals surface area contributed by atoms with Gasteiger partial charge < -0.3 is 15.7 Å². The normalized spacial score (nSPS) is 15.6. The van der Waals surface area contributed by atoms with Crippen molar-refractivity contribution in [2.75, 3.05) is 25.0 Å². The first-order valence-corrected chi connectivity index (χ1v) is 8.25. The quantitative estimate of drug-likeness (QED) is 0.788. The van der Waals surface area contributed by atoms with Gasteiger partial charge in [-0.25, -0.2) is 9.97 Å². The molecule has 5 heteroatoms. The summed E-state index contributed by atoms with van der Waals surface area (Å²) < 4.78 is 0. The van der Waals surface area contributed by atoms with E-state index in [9.17, 15) is 5.11 Å². The van der Waals surface area contributed by atoms with Crippen molar-refractivity contribution in [3.05, 3.63) is 53.0 Å². The number of hydrogen-bond acceptors (Lipinski definition) is 5. The molecule has 1 aliphatic rings. The number of hydrogen-bond donors (Lipinski definition) is 3. The molecule has 1 aromatic carbocycles. The predicted molar refractivity (Wildman–Crippen MR) is 91.6 cm³/mol. The Hall–Kier alpha value is -1.98. The van der Waals surface area contributed by atoms with Gasteiger partial charge in [-0.05, 0) is 31.9 Å². The second-order valence-electron chi connectivity index (χ2n) is 6.02.